The van der Waals surface area contributed by atoms with Gasteiger partial charge in [-0.2, -0.15) is 0 Å². The SMILES string of the molecule is O=C(CSc1nc2sc3c(c2c(=O)n1Cc1ccco1)CCCC3)c1ccc(Cl)cc1. The van der Waals surface area contributed by atoms with Crippen LogP contribution in [0.25, 0.3) is 10.2 Å². The Kier molecular flexibility index (Phi) is 5.73. The van der Waals surface area contributed by atoms with Crippen LogP contribution >= 0.6 is 34.7 Å². The molecule has 0 atom stereocenters. The van der Waals surface area contributed by atoms with Gasteiger partial charge in [0.2, 0.25) is 0 Å². The fraction of sp³-hybridized carbons (Fsp3) is 0.261. The van der Waals surface area contributed by atoms with Crippen molar-refractivity contribution in [2.75, 3.05) is 5.75 Å². The molecule has 3 heterocycles. The maximum atomic E-state index is 13.5. The fourth-order valence-electron chi connectivity index (χ4n) is 3.88. The minimum Gasteiger partial charge on any atom is -0.467 e. The third-order valence-corrected chi connectivity index (χ3v) is 7.85. The number of aryl methyl sites for hydroxylation is 2. The van der Waals surface area contributed by atoms with E-state index in [1.165, 1.54) is 16.6 Å². The summed E-state index contributed by atoms with van der Waals surface area (Å²) in [4.78, 5) is 33.1. The van der Waals surface area contributed by atoms with E-state index < -0.39 is 0 Å². The second kappa shape index (κ2) is 8.65. The maximum Gasteiger partial charge on any atom is 0.263 e. The minimum absolute atomic E-state index is 0.0361. The van der Waals surface area contributed by atoms with E-state index in [1.807, 2.05) is 6.07 Å². The molecule has 0 radical (unpaired) electrons. The summed E-state index contributed by atoms with van der Waals surface area (Å²) in [7, 11) is 0. The quantitative estimate of drug-likeness (QED) is 0.208. The highest BCUT2D eigenvalue weighted by Gasteiger charge is 2.23. The van der Waals surface area contributed by atoms with Gasteiger partial charge in [0.15, 0.2) is 10.9 Å². The molecule has 5 nitrogen and oxygen atoms in total. The summed E-state index contributed by atoms with van der Waals surface area (Å²) in [5.41, 5.74) is 1.69. The fourth-order valence-corrected chi connectivity index (χ4v) is 6.20. The summed E-state index contributed by atoms with van der Waals surface area (Å²) >= 11 is 8.82. The number of ketones is 1. The number of carbonyl (C=O) groups excluding carboxylic acids is 1. The number of thioether (sulfide) groups is 1. The Hall–Kier alpha value is -2.35. The van der Waals surface area contributed by atoms with Crippen LogP contribution in [0.4, 0.5) is 0 Å². The molecule has 0 saturated carbocycles. The first-order valence-corrected chi connectivity index (χ1v) is 12.3. The number of thiophene rings is 1. The summed E-state index contributed by atoms with van der Waals surface area (Å²) in [6.07, 6.45) is 5.77. The lowest BCUT2D eigenvalue weighted by atomic mass is 9.97. The maximum absolute atomic E-state index is 13.5. The third-order valence-electron chi connectivity index (χ3n) is 5.43. The number of nitrogens with zero attached hydrogens (tertiary/aromatic N) is 2. The second-order valence-corrected chi connectivity index (χ2v) is 9.94. The molecule has 31 heavy (non-hydrogen) atoms. The van der Waals surface area contributed by atoms with Crippen molar-refractivity contribution < 1.29 is 9.21 Å². The Morgan fingerprint density at radius 1 is 1.19 bits per heavy atom. The van der Waals surface area contributed by atoms with Crippen LogP contribution in [-0.2, 0) is 19.4 Å². The Labute approximate surface area is 192 Å². The van der Waals surface area contributed by atoms with Gasteiger partial charge < -0.3 is 4.42 Å². The minimum atomic E-state index is -0.0535. The number of furan rings is 1. The van der Waals surface area contributed by atoms with E-state index in [4.69, 9.17) is 21.0 Å². The Bertz CT molecular complexity index is 1310. The van der Waals surface area contributed by atoms with E-state index in [0.717, 1.165) is 41.5 Å². The zero-order valence-corrected chi connectivity index (χ0v) is 19.0. The normalized spacial score (nSPS) is 13.5. The number of Topliss-reactive ketones (excluding diaryl/α,β-unsaturated/α-hetero) is 1. The molecule has 1 aliphatic carbocycles. The van der Waals surface area contributed by atoms with Crippen LogP contribution in [0.3, 0.4) is 0 Å². The van der Waals surface area contributed by atoms with Gasteiger partial charge in [-0.15, -0.1) is 11.3 Å². The molecule has 1 aliphatic rings. The summed E-state index contributed by atoms with van der Waals surface area (Å²) in [6.45, 7) is 0.289. The van der Waals surface area contributed by atoms with E-state index in [-0.39, 0.29) is 23.6 Å². The van der Waals surface area contributed by atoms with Gasteiger partial charge in [0.25, 0.3) is 5.56 Å². The lowest BCUT2D eigenvalue weighted by Crippen LogP contribution is -2.24. The molecular weight excluding hydrogens is 452 g/mol. The molecule has 5 rings (SSSR count). The first-order chi connectivity index (χ1) is 15.1. The van der Waals surface area contributed by atoms with Crippen LogP contribution in [0.1, 0.15) is 39.4 Å². The molecule has 3 aromatic heterocycles. The molecule has 4 aromatic rings. The van der Waals surface area contributed by atoms with Crippen LogP contribution in [-0.4, -0.2) is 21.1 Å². The van der Waals surface area contributed by atoms with Crippen molar-refractivity contribution in [1.82, 2.24) is 9.55 Å². The molecule has 0 spiro atoms. The molecule has 1 aromatic carbocycles. The Morgan fingerprint density at radius 3 is 2.77 bits per heavy atom. The van der Waals surface area contributed by atoms with Crippen LogP contribution in [0.5, 0.6) is 0 Å². The van der Waals surface area contributed by atoms with E-state index in [9.17, 15) is 9.59 Å². The average molecular weight is 471 g/mol. The van der Waals surface area contributed by atoms with E-state index >= 15 is 0 Å². The molecule has 0 saturated heterocycles. The number of benzene rings is 1. The van der Waals surface area contributed by atoms with Crippen molar-refractivity contribution in [3.05, 3.63) is 79.8 Å². The number of halogens is 1. The van der Waals surface area contributed by atoms with Crippen molar-refractivity contribution >= 4 is 50.7 Å². The third kappa shape index (κ3) is 4.10. The van der Waals surface area contributed by atoms with Gasteiger partial charge in [0.1, 0.15) is 10.6 Å². The summed E-state index contributed by atoms with van der Waals surface area (Å²) in [6, 6.07) is 10.5. The monoisotopic (exact) mass is 470 g/mol. The summed E-state index contributed by atoms with van der Waals surface area (Å²) in [5.74, 6) is 0.826. The molecule has 0 N–H and O–H groups in total. The predicted molar refractivity (Wildman–Crippen MR) is 125 cm³/mol. The smallest absolute Gasteiger partial charge is 0.263 e. The highest BCUT2D eigenvalue weighted by atomic mass is 35.5. The van der Waals surface area contributed by atoms with Gasteiger partial charge in [-0.1, -0.05) is 23.4 Å². The molecule has 0 bridgehead atoms. The molecule has 158 valence electrons. The lowest BCUT2D eigenvalue weighted by Gasteiger charge is -2.12. The van der Waals surface area contributed by atoms with E-state index in [2.05, 4.69) is 0 Å². The second-order valence-electron chi connectivity index (χ2n) is 7.47. The number of carbonyl (C=O) groups is 1. The van der Waals surface area contributed by atoms with Crippen LogP contribution < -0.4 is 5.56 Å². The molecule has 0 amide bonds. The van der Waals surface area contributed by atoms with Crippen molar-refractivity contribution in [1.29, 1.82) is 0 Å². The van der Waals surface area contributed by atoms with Gasteiger partial charge in [0, 0.05) is 15.5 Å². The van der Waals surface area contributed by atoms with Crippen molar-refractivity contribution in [3.8, 4) is 0 Å². The van der Waals surface area contributed by atoms with Crippen molar-refractivity contribution in [3.63, 3.8) is 0 Å². The Morgan fingerprint density at radius 2 is 2.00 bits per heavy atom. The summed E-state index contributed by atoms with van der Waals surface area (Å²) < 4.78 is 7.13. The molecule has 0 unspecified atom stereocenters. The molecule has 8 heteroatoms. The van der Waals surface area contributed by atoms with Gasteiger partial charge in [-0.25, -0.2) is 4.98 Å². The first-order valence-electron chi connectivity index (χ1n) is 10.1. The first kappa shape index (κ1) is 20.5. The van der Waals surface area contributed by atoms with Gasteiger partial charge in [-0.05, 0) is 67.6 Å². The zero-order valence-electron chi connectivity index (χ0n) is 16.6. The highest BCUT2D eigenvalue weighted by molar-refractivity contribution is 7.99. The Balaban J connectivity index is 1.53. The number of aromatic nitrogens is 2. The van der Waals surface area contributed by atoms with Gasteiger partial charge in [0.05, 0.1) is 23.9 Å². The molecule has 0 fully saturated rings. The van der Waals surface area contributed by atoms with Crippen molar-refractivity contribution in [2.24, 2.45) is 0 Å². The largest absolute Gasteiger partial charge is 0.467 e. The summed E-state index contributed by atoms with van der Waals surface area (Å²) in [5, 5.41) is 1.86. The van der Waals surface area contributed by atoms with E-state index in [0.29, 0.717) is 21.5 Å². The standard InChI is InChI=1S/C23H19ClN2O3S2/c24-15-9-7-14(8-10-15)18(27)13-30-23-25-21-20(17-5-1-2-6-19(17)31-21)22(28)26(23)12-16-4-3-11-29-16/h3-4,7-11H,1-2,5-6,12-13H2. The number of fused-ring (bicyclic) bond motifs is 3. The van der Waals surface area contributed by atoms with Gasteiger partial charge >= 0.3 is 0 Å². The molecule has 0 aliphatic heterocycles. The lowest BCUT2D eigenvalue weighted by molar-refractivity contribution is 0.102. The van der Waals surface area contributed by atoms with Crippen molar-refractivity contribution in [2.45, 2.75) is 37.4 Å². The zero-order chi connectivity index (χ0) is 21.4. The van der Waals surface area contributed by atoms with E-state index in [1.54, 1.807) is 52.5 Å². The van der Waals surface area contributed by atoms with Crippen LogP contribution in [0.2, 0.25) is 5.02 Å². The number of rotatable bonds is 6. The highest BCUT2D eigenvalue weighted by Crippen LogP contribution is 2.35. The van der Waals surface area contributed by atoms with Gasteiger partial charge in [-0.3, -0.25) is 14.2 Å². The molecular formula is C23H19ClN2O3S2. The predicted octanol–water partition coefficient (Wildman–Crippen LogP) is 5.61. The topological polar surface area (TPSA) is 65.1 Å². The number of hydrogen-bond acceptors (Lipinski definition) is 6. The van der Waals surface area contributed by atoms with Crippen LogP contribution in [0.15, 0.2) is 57.0 Å². The van der Waals surface area contributed by atoms with Crippen LogP contribution in [0, 0.1) is 0 Å². The average Bonchev–Trinajstić information content (AvgIpc) is 3.42. The number of hydrogen-bond donors (Lipinski definition) is 0.